The van der Waals surface area contributed by atoms with Crippen LogP contribution in [0.25, 0.3) is 0 Å². The molecule has 0 aliphatic heterocycles. The van der Waals surface area contributed by atoms with Crippen molar-refractivity contribution >= 4 is 17.4 Å². The van der Waals surface area contributed by atoms with Crippen molar-refractivity contribution in [3.05, 3.63) is 16.6 Å². The van der Waals surface area contributed by atoms with Crippen molar-refractivity contribution in [1.29, 1.82) is 0 Å². The van der Waals surface area contributed by atoms with Gasteiger partial charge in [-0.1, -0.05) is 19.3 Å². The third kappa shape index (κ3) is 3.81. The highest BCUT2D eigenvalue weighted by atomic mass is 32.1. The molecule has 1 aliphatic rings. The highest BCUT2D eigenvalue weighted by Gasteiger charge is 2.36. The van der Waals surface area contributed by atoms with Crippen molar-refractivity contribution < 1.29 is 9.90 Å². The molecule has 21 heavy (non-hydrogen) atoms. The third-order valence-electron chi connectivity index (χ3n) is 4.60. The van der Waals surface area contributed by atoms with Crippen LogP contribution in [0.1, 0.15) is 48.2 Å². The van der Waals surface area contributed by atoms with Gasteiger partial charge in [-0.05, 0) is 38.3 Å². The smallest absolute Gasteiger partial charge is 0.254 e. The Morgan fingerprint density at radius 1 is 1.48 bits per heavy atom. The van der Waals surface area contributed by atoms with Crippen molar-refractivity contribution in [2.24, 2.45) is 0 Å². The third-order valence-corrected chi connectivity index (χ3v) is 5.32. The fourth-order valence-corrected chi connectivity index (χ4v) is 3.83. The van der Waals surface area contributed by atoms with E-state index in [0.29, 0.717) is 18.7 Å². The van der Waals surface area contributed by atoms with E-state index in [-0.39, 0.29) is 18.1 Å². The summed E-state index contributed by atoms with van der Waals surface area (Å²) in [5.41, 5.74) is 1.45. The molecule has 118 valence electrons. The van der Waals surface area contributed by atoms with Crippen LogP contribution >= 0.6 is 11.5 Å². The summed E-state index contributed by atoms with van der Waals surface area (Å²) in [5, 5.41) is 14.1. The van der Waals surface area contributed by atoms with Crippen LogP contribution in [0.15, 0.2) is 5.38 Å². The number of hydrogen-bond acceptors (Lipinski definition) is 5. The first kappa shape index (κ1) is 16.4. The minimum absolute atomic E-state index is 0.0198. The Bertz CT molecular complexity index is 469. The highest BCUT2D eigenvalue weighted by Crippen LogP contribution is 2.32. The van der Waals surface area contributed by atoms with Crippen LogP contribution in [0, 0.1) is 6.92 Å². The summed E-state index contributed by atoms with van der Waals surface area (Å²) in [6, 6.07) is 0. The van der Waals surface area contributed by atoms with Gasteiger partial charge in [0.25, 0.3) is 5.91 Å². The van der Waals surface area contributed by atoms with E-state index >= 15 is 0 Å². The molecular formula is C15H25N3O2S. The van der Waals surface area contributed by atoms with Crippen molar-refractivity contribution in [2.75, 3.05) is 26.7 Å². The Morgan fingerprint density at radius 3 is 2.76 bits per heavy atom. The number of nitrogens with one attached hydrogen (secondary N) is 1. The van der Waals surface area contributed by atoms with E-state index in [4.69, 9.17) is 0 Å². The minimum atomic E-state index is -0.0383. The van der Waals surface area contributed by atoms with E-state index in [9.17, 15) is 9.90 Å². The number of hydrogen-bond donors (Lipinski definition) is 2. The Morgan fingerprint density at radius 2 is 2.19 bits per heavy atom. The van der Waals surface area contributed by atoms with Gasteiger partial charge in [0.05, 0.1) is 17.9 Å². The standard InChI is InChI=1S/C15H25N3O2S/c1-12-13(10-21-17-12)14(20)16-11-15(18(2)8-9-19)6-4-3-5-7-15/h10,19H,3-9,11H2,1-2H3,(H,16,20). The van der Waals surface area contributed by atoms with Gasteiger partial charge in [-0.25, -0.2) is 0 Å². The molecule has 1 aromatic rings. The van der Waals surface area contributed by atoms with Crippen LogP contribution in [0.3, 0.4) is 0 Å². The molecule has 2 N–H and O–H groups in total. The lowest BCUT2D eigenvalue weighted by Crippen LogP contribution is -2.56. The van der Waals surface area contributed by atoms with Gasteiger partial charge in [-0.15, -0.1) is 0 Å². The van der Waals surface area contributed by atoms with Crippen molar-refractivity contribution in [3.63, 3.8) is 0 Å². The van der Waals surface area contributed by atoms with Gasteiger partial charge in [0.1, 0.15) is 0 Å². The number of rotatable bonds is 6. The van der Waals surface area contributed by atoms with Crippen LogP contribution in [-0.4, -0.2) is 52.6 Å². The zero-order valence-corrected chi connectivity index (χ0v) is 13.7. The van der Waals surface area contributed by atoms with E-state index in [1.165, 1.54) is 30.8 Å². The summed E-state index contributed by atoms with van der Waals surface area (Å²) in [6.45, 7) is 3.30. The summed E-state index contributed by atoms with van der Waals surface area (Å²) in [4.78, 5) is 14.5. The predicted octanol–water partition coefficient (Wildman–Crippen LogP) is 1.81. The lowest BCUT2D eigenvalue weighted by atomic mass is 9.80. The molecule has 1 fully saturated rings. The molecule has 0 aromatic carbocycles. The van der Waals surface area contributed by atoms with E-state index in [2.05, 4.69) is 14.6 Å². The lowest BCUT2D eigenvalue weighted by molar-refractivity contribution is 0.0548. The number of carbonyl (C=O) groups excluding carboxylic acids is 1. The number of aromatic nitrogens is 1. The van der Waals surface area contributed by atoms with Gasteiger partial charge in [0, 0.05) is 24.0 Å². The topological polar surface area (TPSA) is 65.5 Å². The molecule has 6 heteroatoms. The Balaban J connectivity index is 2.02. The van der Waals surface area contributed by atoms with E-state index < -0.39 is 0 Å². The largest absolute Gasteiger partial charge is 0.395 e. The quantitative estimate of drug-likeness (QED) is 0.841. The summed E-state index contributed by atoms with van der Waals surface area (Å²) in [6.07, 6.45) is 5.78. The number of amides is 1. The molecule has 0 bridgehead atoms. The van der Waals surface area contributed by atoms with Gasteiger partial charge in [-0.2, -0.15) is 4.37 Å². The second-order valence-electron chi connectivity index (χ2n) is 5.93. The molecule has 0 spiro atoms. The highest BCUT2D eigenvalue weighted by molar-refractivity contribution is 7.03. The predicted molar refractivity (Wildman–Crippen MR) is 84.7 cm³/mol. The number of β-amino-alcohol motifs (C(OH)–C–C–N with tert-alkyl or cyclic N) is 1. The van der Waals surface area contributed by atoms with Crippen LogP contribution in [-0.2, 0) is 0 Å². The Kier molecular flexibility index (Phi) is 5.72. The van der Waals surface area contributed by atoms with Crippen molar-refractivity contribution in [2.45, 2.75) is 44.6 Å². The summed E-state index contributed by atoms with van der Waals surface area (Å²) in [5.74, 6) is -0.0383. The normalized spacial score (nSPS) is 17.9. The summed E-state index contributed by atoms with van der Waals surface area (Å²) in [7, 11) is 2.05. The monoisotopic (exact) mass is 311 g/mol. The molecule has 1 saturated carbocycles. The zero-order valence-electron chi connectivity index (χ0n) is 12.9. The van der Waals surface area contributed by atoms with E-state index in [0.717, 1.165) is 18.5 Å². The minimum Gasteiger partial charge on any atom is -0.395 e. The van der Waals surface area contributed by atoms with Gasteiger partial charge in [0.2, 0.25) is 0 Å². The maximum atomic E-state index is 12.3. The van der Waals surface area contributed by atoms with Crippen LogP contribution in [0.2, 0.25) is 0 Å². The fraction of sp³-hybridized carbons (Fsp3) is 0.733. The molecular weight excluding hydrogens is 286 g/mol. The first-order chi connectivity index (χ1) is 10.1. The lowest BCUT2D eigenvalue weighted by Gasteiger charge is -2.44. The van der Waals surface area contributed by atoms with Crippen LogP contribution < -0.4 is 5.32 Å². The van der Waals surface area contributed by atoms with E-state index in [1.807, 2.05) is 14.0 Å². The zero-order chi connectivity index (χ0) is 15.3. The number of aliphatic hydroxyl groups is 1. The maximum Gasteiger partial charge on any atom is 0.254 e. The summed E-state index contributed by atoms with van der Waals surface area (Å²) < 4.78 is 4.15. The molecule has 1 aromatic heterocycles. The van der Waals surface area contributed by atoms with E-state index in [1.54, 1.807) is 5.38 Å². The summed E-state index contributed by atoms with van der Waals surface area (Å²) >= 11 is 1.32. The first-order valence-electron chi connectivity index (χ1n) is 7.60. The second-order valence-corrected chi connectivity index (χ2v) is 6.56. The van der Waals surface area contributed by atoms with Gasteiger partial charge >= 0.3 is 0 Å². The average molecular weight is 311 g/mol. The Labute approximate surface area is 130 Å². The number of likely N-dealkylation sites (N-methyl/N-ethyl adjacent to an activating group) is 1. The van der Waals surface area contributed by atoms with Gasteiger partial charge in [-0.3, -0.25) is 9.69 Å². The fourth-order valence-electron chi connectivity index (χ4n) is 3.14. The Hall–Kier alpha value is -0.980. The number of carbonyl (C=O) groups is 1. The maximum absolute atomic E-state index is 12.3. The molecule has 0 atom stereocenters. The van der Waals surface area contributed by atoms with Crippen molar-refractivity contribution in [1.82, 2.24) is 14.6 Å². The molecule has 0 saturated heterocycles. The number of nitrogens with zero attached hydrogens (tertiary/aromatic N) is 2. The average Bonchev–Trinajstić information content (AvgIpc) is 2.92. The number of aliphatic hydroxyl groups excluding tert-OH is 1. The van der Waals surface area contributed by atoms with Crippen molar-refractivity contribution in [3.8, 4) is 0 Å². The second kappa shape index (κ2) is 7.33. The van der Waals surface area contributed by atoms with Gasteiger partial charge < -0.3 is 10.4 Å². The first-order valence-corrected chi connectivity index (χ1v) is 8.44. The molecule has 5 nitrogen and oxygen atoms in total. The molecule has 0 radical (unpaired) electrons. The van der Waals surface area contributed by atoms with Gasteiger partial charge in [0.15, 0.2) is 0 Å². The SMILES string of the molecule is Cc1nscc1C(=O)NCC1(N(C)CCO)CCCCC1. The number of aryl methyl sites for hydroxylation is 1. The van der Waals surface area contributed by atoms with Crippen LogP contribution in [0.4, 0.5) is 0 Å². The molecule has 1 heterocycles. The molecule has 1 amide bonds. The molecule has 0 unspecified atom stereocenters. The molecule has 1 aliphatic carbocycles. The van der Waals surface area contributed by atoms with Crippen LogP contribution in [0.5, 0.6) is 0 Å². The molecule has 2 rings (SSSR count).